The molecule has 3 rings (SSSR count). The van der Waals surface area contributed by atoms with Crippen molar-refractivity contribution in [3.8, 4) is 0 Å². The number of anilines is 1. The summed E-state index contributed by atoms with van der Waals surface area (Å²) in [6, 6.07) is 0. The summed E-state index contributed by atoms with van der Waals surface area (Å²) in [5.74, 6) is 1.73. The number of sulfonamides is 1. The number of rotatable bonds is 7. The Morgan fingerprint density at radius 2 is 2.07 bits per heavy atom. The number of hydrogen-bond acceptors (Lipinski definition) is 8. The maximum Gasteiger partial charge on any atom is 0.235 e. The second-order valence-electron chi connectivity index (χ2n) is 8.02. The van der Waals surface area contributed by atoms with Gasteiger partial charge in [-0.1, -0.05) is 38.7 Å². The number of nitrogens with one attached hydrogen (secondary N) is 1. The van der Waals surface area contributed by atoms with Crippen LogP contribution in [0.4, 0.5) is 5.13 Å². The zero-order chi connectivity index (χ0) is 21.9. The molecule has 0 aliphatic carbocycles. The first-order valence-corrected chi connectivity index (χ1v) is 12.9. The average Bonchev–Trinajstić information content (AvgIpc) is 3.35. The Morgan fingerprint density at radius 3 is 2.67 bits per heavy atom. The first-order valence-electron chi connectivity index (χ1n) is 9.56. The number of amides is 1. The summed E-state index contributed by atoms with van der Waals surface area (Å²) in [5.41, 5.74) is -0.0795. The molecule has 30 heavy (non-hydrogen) atoms. The summed E-state index contributed by atoms with van der Waals surface area (Å²) in [5, 5.41) is 4.33. The summed E-state index contributed by atoms with van der Waals surface area (Å²) in [7, 11) is -3.42. The Balaban J connectivity index is 1.49. The van der Waals surface area contributed by atoms with E-state index in [4.69, 9.17) is 4.42 Å². The SMILES string of the molecule is C=CS(=O)(=O)N1CCC(C(=O)Nc2ncc(SCc3ncc(C(C)(C)C)o3)s2)CC1. The minimum atomic E-state index is -3.42. The molecule has 11 heteroatoms. The lowest BCUT2D eigenvalue weighted by Crippen LogP contribution is -2.40. The molecule has 1 N–H and O–H groups in total. The summed E-state index contributed by atoms with van der Waals surface area (Å²) < 4.78 is 31.7. The van der Waals surface area contributed by atoms with Crippen molar-refractivity contribution >= 4 is 44.2 Å². The highest BCUT2D eigenvalue weighted by Crippen LogP contribution is 2.32. The normalized spacial score (nSPS) is 16.5. The molecule has 0 aromatic carbocycles. The zero-order valence-electron chi connectivity index (χ0n) is 17.3. The number of aromatic nitrogens is 2. The van der Waals surface area contributed by atoms with E-state index in [9.17, 15) is 13.2 Å². The molecule has 2 aromatic rings. The minimum absolute atomic E-state index is 0.0795. The van der Waals surface area contributed by atoms with Crippen LogP contribution in [0.2, 0.25) is 0 Å². The van der Waals surface area contributed by atoms with Crippen LogP contribution >= 0.6 is 23.1 Å². The van der Waals surface area contributed by atoms with Crippen LogP contribution in [0.15, 0.2) is 33.0 Å². The van der Waals surface area contributed by atoms with Crippen LogP contribution in [-0.2, 0) is 26.0 Å². The molecule has 0 saturated carbocycles. The molecule has 3 heterocycles. The minimum Gasteiger partial charge on any atom is -0.444 e. The van der Waals surface area contributed by atoms with Crippen molar-refractivity contribution in [2.24, 2.45) is 5.92 Å². The number of nitrogens with zero attached hydrogens (tertiary/aromatic N) is 3. The summed E-state index contributed by atoms with van der Waals surface area (Å²) in [6.07, 6.45) is 4.44. The first-order chi connectivity index (χ1) is 14.1. The molecule has 0 bridgehead atoms. The summed E-state index contributed by atoms with van der Waals surface area (Å²) >= 11 is 2.95. The average molecular weight is 471 g/mol. The molecule has 0 spiro atoms. The highest BCUT2D eigenvalue weighted by Gasteiger charge is 2.30. The van der Waals surface area contributed by atoms with E-state index in [2.05, 4.69) is 42.6 Å². The Hall–Kier alpha value is -1.69. The van der Waals surface area contributed by atoms with Crippen LogP contribution in [-0.4, -0.2) is 41.7 Å². The first kappa shape index (κ1) is 23.0. The Morgan fingerprint density at radius 1 is 1.37 bits per heavy atom. The van der Waals surface area contributed by atoms with Crippen molar-refractivity contribution in [2.75, 3.05) is 18.4 Å². The van der Waals surface area contributed by atoms with Gasteiger partial charge >= 0.3 is 0 Å². The number of piperidine rings is 1. The molecule has 1 amide bonds. The fourth-order valence-electron chi connectivity index (χ4n) is 2.93. The highest BCUT2D eigenvalue weighted by atomic mass is 32.2. The zero-order valence-corrected chi connectivity index (χ0v) is 19.7. The third kappa shape index (κ3) is 5.71. The molecule has 0 radical (unpaired) electrons. The maximum atomic E-state index is 12.5. The number of oxazole rings is 1. The second-order valence-corrected chi connectivity index (χ2v) is 12.2. The molecule has 1 fully saturated rings. The topological polar surface area (TPSA) is 105 Å². The highest BCUT2D eigenvalue weighted by molar-refractivity contribution is 8.00. The molecule has 1 aliphatic heterocycles. The van der Waals surface area contributed by atoms with Crippen molar-refractivity contribution in [3.63, 3.8) is 0 Å². The van der Waals surface area contributed by atoms with Gasteiger partial charge in [-0.3, -0.25) is 4.79 Å². The van der Waals surface area contributed by atoms with Crippen LogP contribution in [0, 0.1) is 5.92 Å². The molecule has 8 nitrogen and oxygen atoms in total. The predicted octanol–water partition coefficient (Wildman–Crippen LogP) is 3.84. The predicted molar refractivity (Wildman–Crippen MR) is 119 cm³/mol. The van der Waals surface area contributed by atoms with E-state index in [1.54, 1.807) is 24.2 Å². The van der Waals surface area contributed by atoms with Crippen molar-refractivity contribution in [3.05, 3.63) is 36.0 Å². The maximum absolute atomic E-state index is 12.5. The van der Waals surface area contributed by atoms with Gasteiger partial charge < -0.3 is 9.73 Å². The number of carbonyl (C=O) groups is 1. The number of carbonyl (C=O) groups excluding carboxylic acids is 1. The van der Waals surface area contributed by atoms with Gasteiger partial charge in [0.1, 0.15) is 5.76 Å². The van der Waals surface area contributed by atoms with Gasteiger partial charge in [0.05, 0.1) is 22.4 Å². The third-order valence-electron chi connectivity index (χ3n) is 4.74. The fourth-order valence-corrected chi connectivity index (χ4v) is 5.59. The van der Waals surface area contributed by atoms with Gasteiger partial charge in [-0.15, -0.1) is 11.8 Å². The van der Waals surface area contributed by atoms with Crippen LogP contribution in [0.3, 0.4) is 0 Å². The lowest BCUT2D eigenvalue weighted by atomic mass is 9.94. The van der Waals surface area contributed by atoms with E-state index in [1.165, 1.54) is 15.6 Å². The van der Waals surface area contributed by atoms with Crippen molar-refractivity contribution < 1.29 is 17.6 Å². The molecular weight excluding hydrogens is 444 g/mol. The van der Waals surface area contributed by atoms with E-state index >= 15 is 0 Å². The van der Waals surface area contributed by atoms with Crippen LogP contribution in [0.1, 0.15) is 45.3 Å². The Kier molecular flexibility index (Phi) is 7.05. The van der Waals surface area contributed by atoms with Gasteiger partial charge in [0.15, 0.2) is 5.13 Å². The van der Waals surface area contributed by atoms with Gasteiger partial charge in [-0.05, 0) is 12.8 Å². The largest absolute Gasteiger partial charge is 0.444 e. The van der Waals surface area contributed by atoms with E-state index < -0.39 is 10.0 Å². The quantitative estimate of drug-likeness (QED) is 0.613. The molecule has 0 unspecified atom stereocenters. The van der Waals surface area contributed by atoms with Crippen molar-refractivity contribution in [1.82, 2.24) is 14.3 Å². The third-order valence-corrected chi connectivity index (χ3v) is 8.34. The molecule has 0 atom stereocenters. The van der Waals surface area contributed by atoms with E-state index in [1.807, 2.05) is 0 Å². The fraction of sp³-hybridized carbons (Fsp3) is 0.526. The monoisotopic (exact) mass is 470 g/mol. The second kappa shape index (κ2) is 9.21. The lowest BCUT2D eigenvalue weighted by Gasteiger charge is -2.29. The summed E-state index contributed by atoms with van der Waals surface area (Å²) in [6.45, 7) is 10.2. The van der Waals surface area contributed by atoms with Gasteiger partial charge in [0.25, 0.3) is 0 Å². The van der Waals surface area contributed by atoms with Gasteiger partial charge in [0.2, 0.25) is 21.8 Å². The van der Waals surface area contributed by atoms with E-state index in [-0.39, 0.29) is 17.2 Å². The summed E-state index contributed by atoms with van der Waals surface area (Å²) in [4.78, 5) is 21.1. The lowest BCUT2D eigenvalue weighted by molar-refractivity contribution is -0.120. The van der Waals surface area contributed by atoms with Crippen molar-refractivity contribution in [2.45, 2.75) is 49.0 Å². The van der Waals surface area contributed by atoms with Gasteiger partial charge in [0, 0.05) is 29.8 Å². The van der Waals surface area contributed by atoms with Gasteiger partial charge in [-0.2, -0.15) is 4.31 Å². The number of thiazole rings is 1. The Labute approximate surface area is 185 Å². The van der Waals surface area contributed by atoms with Crippen molar-refractivity contribution in [1.29, 1.82) is 0 Å². The van der Waals surface area contributed by atoms with Crippen LogP contribution in [0.25, 0.3) is 0 Å². The van der Waals surface area contributed by atoms with E-state index in [0.29, 0.717) is 42.7 Å². The number of hydrogen-bond donors (Lipinski definition) is 1. The smallest absolute Gasteiger partial charge is 0.235 e. The molecule has 1 saturated heterocycles. The number of thioether (sulfide) groups is 1. The molecule has 164 valence electrons. The van der Waals surface area contributed by atoms with Crippen LogP contribution < -0.4 is 5.32 Å². The van der Waals surface area contributed by atoms with Crippen LogP contribution in [0.5, 0.6) is 0 Å². The molecule has 1 aliphatic rings. The van der Waals surface area contributed by atoms with Gasteiger partial charge in [-0.25, -0.2) is 18.4 Å². The molecule has 2 aromatic heterocycles. The van der Waals surface area contributed by atoms with E-state index in [0.717, 1.165) is 15.4 Å². The standard InChI is InChI=1S/C19H26N4O4S3/c1-5-30(25,26)23-8-6-13(7-9-23)17(24)22-18-21-11-16(29-18)28-12-15-20-10-14(27-15)19(2,3)4/h5,10-11,13H,1,6-9,12H2,2-4H3,(H,21,22,24). The Bertz CT molecular complexity index is 999. The molecular formula is C19H26N4O4S3.